The topological polar surface area (TPSA) is 77.8 Å². The van der Waals surface area contributed by atoms with Crippen LogP contribution in [-0.4, -0.2) is 20.3 Å². The Morgan fingerprint density at radius 3 is 2.46 bits per heavy atom. The Bertz CT molecular complexity index is 1060. The van der Waals surface area contributed by atoms with Crippen molar-refractivity contribution in [1.82, 2.24) is 20.3 Å². The van der Waals surface area contributed by atoms with E-state index in [2.05, 4.69) is 20.3 Å². The Balaban J connectivity index is 1.52. The van der Waals surface area contributed by atoms with Crippen molar-refractivity contribution in [1.29, 1.82) is 0 Å². The molecule has 0 saturated carbocycles. The largest absolute Gasteiger partial charge is 0.420 e. The molecule has 0 amide bonds. The fourth-order valence-corrected chi connectivity index (χ4v) is 2.34. The summed E-state index contributed by atoms with van der Waals surface area (Å²) in [7, 11) is 0. The second-order valence-electron chi connectivity index (χ2n) is 5.66. The summed E-state index contributed by atoms with van der Waals surface area (Å²) in [5, 5.41) is 11.7. The Kier molecular flexibility index (Phi) is 4.00. The molecule has 130 valence electrons. The van der Waals surface area contributed by atoms with Gasteiger partial charge in [-0.25, -0.2) is 8.78 Å². The van der Waals surface area contributed by atoms with Crippen LogP contribution in [0.15, 0.2) is 51.4 Å². The molecular formula is C18H12F2N4O2. The predicted octanol–water partition coefficient (Wildman–Crippen LogP) is 3.96. The van der Waals surface area contributed by atoms with Crippen LogP contribution in [0.4, 0.5) is 8.78 Å². The molecule has 0 bridgehead atoms. The lowest BCUT2D eigenvalue weighted by Gasteiger charge is -1.97. The van der Waals surface area contributed by atoms with Crippen LogP contribution >= 0.6 is 0 Å². The van der Waals surface area contributed by atoms with Crippen molar-refractivity contribution in [2.75, 3.05) is 0 Å². The van der Waals surface area contributed by atoms with E-state index in [4.69, 9.17) is 8.94 Å². The highest BCUT2D eigenvalue weighted by Gasteiger charge is 2.15. The van der Waals surface area contributed by atoms with Gasteiger partial charge < -0.3 is 8.94 Å². The van der Waals surface area contributed by atoms with E-state index < -0.39 is 0 Å². The molecule has 4 aromatic rings. The summed E-state index contributed by atoms with van der Waals surface area (Å²) in [6.07, 6.45) is 0.134. The standard InChI is InChI=1S/C18H12F2N4O2/c1-10-2-3-12(8-14(10)20)18-23-22-16(25-18)9-15-21-17(24-26-15)11-4-6-13(19)7-5-11/h2-8H,9H2,1H3. The lowest BCUT2D eigenvalue weighted by Crippen LogP contribution is -1.89. The number of aromatic nitrogens is 4. The van der Waals surface area contributed by atoms with Crippen LogP contribution in [0.2, 0.25) is 0 Å². The van der Waals surface area contributed by atoms with Crippen LogP contribution in [0, 0.1) is 18.6 Å². The smallest absolute Gasteiger partial charge is 0.247 e. The van der Waals surface area contributed by atoms with E-state index in [1.54, 1.807) is 31.2 Å². The van der Waals surface area contributed by atoms with Crippen molar-refractivity contribution in [3.63, 3.8) is 0 Å². The van der Waals surface area contributed by atoms with Crippen LogP contribution in [0.25, 0.3) is 22.8 Å². The van der Waals surface area contributed by atoms with Crippen molar-refractivity contribution in [2.24, 2.45) is 0 Å². The summed E-state index contributed by atoms with van der Waals surface area (Å²) < 4.78 is 37.3. The second-order valence-corrected chi connectivity index (χ2v) is 5.66. The minimum absolute atomic E-state index is 0.134. The van der Waals surface area contributed by atoms with E-state index in [1.165, 1.54) is 18.2 Å². The SMILES string of the molecule is Cc1ccc(-c2nnc(Cc3nc(-c4ccc(F)cc4)no3)o2)cc1F. The minimum atomic E-state index is -0.344. The molecule has 0 radical (unpaired) electrons. The Morgan fingerprint density at radius 2 is 1.69 bits per heavy atom. The first-order valence-electron chi connectivity index (χ1n) is 7.76. The summed E-state index contributed by atoms with van der Waals surface area (Å²) in [4.78, 5) is 4.23. The second kappa shape index (κ2) is 6.47. The fourth-order valence-electron chi connectivity index (χ4n) is 2.34. The van der Waals surface area contributed by atoms with Gasteiger partial charge in [0, 0.05) is 11.1 Å². The average Bonchev–Trinajstić information content (AvgIpc) is 3.28. The number of aryl methyl sites for hydroxylation is 1. The van der Waals surface area contributed by atoms with E-state index in [1.807, 2.05) is 0 Å². The van der Waals surface area contributed by atoms with Gasteiger partial charge in [-0.2, -0.15) is 4.98 Å². The van der Waals surface area contributed by atoms with E-state index in [-0.39, 0.29) is 35.7 Å². The highest BCUT2D eigenvalue weighted by atomic mass is 19.1. The third-order valence-electron chi connectivity index (χ3n) is 3.76. The van der Waals surface area contributed by atoms with Gasteiger partial charge in [-0.05, 0) is 48.9 Å². The van der Waals surface area contributed by atoms with Gasteiger partial charge in [0.25, 0.3) is 0 Å². The highest BCUT2D eigenvalue weighted by molar-refractivity contribution is 5.54. The van der Waals surface area contributed by atoms with Crippen LogP contribution in [0.1, 0.15) is 17.3 Å². The molecule has 2 aromatic carbocycles. The molecule has 0 aliphatic rings. The van der Waals surface area contributed by atoms with Gasteiger partial charge in [-0.15, -0.1) is 10.2 Å². The third kappa shape index (κ3) is 3.21. The Hall–Kier alpha value is -3.42. The summed E-state index contributed by atoms with van der Waals surface area (Å²) in [6, 6.07) is 10.4. The van der Waals surface area contributed by atoms with Gasteiger partial charge in [0.05, 0.1) is 0 Å². The molecule has 6 nitrogen and oxygen atoms in total. The van der Waals surface area contributed by atoms with Gasteiger partial charge in [0.15, 0.2) is 0 Å². The van der Waals surface area contributed by atoms with E-state index in [0.29, 0.717) is 22.5 Å². The van der Waals surface area contributed by atoms with Crippen LogP contribution in [-0.2, 0) is 6.42 Å². The maximum Gasteiger partial charge on any atom is 0.247 e. The molecule has 0 aliphatic heterocycles. The predicted molar refractivity (Wildman–Crippen MR) is 86.9 cm³/mol. The quantitative estimate of drug-likeness (QED) is 0.552. The monoisotopic (exact) mass is 354 g/mol. The summed E-state index contributed by atoms with van der Waals surface area (Å²) in [5.41, 5.74) is 1.65. The van der Waals surface area contributed by atoms with Crippen LogP contribution in [0.3, 0.4) is 0 Å². The van der Waals surface area contributed by atoms with Crippen LogP contribution < -0.4 is 0 Å². The lowest BCUT2D eigenvalue weighted by molar-refractivity contribution is 0.374. The molecule has 0 N–H and O–H groups in total. The lowest BCUT2D eigenvalue weighted by atomic mass is 10.1. The molecule has 0 atom stereocenters. The number of hydrogen-bond acceptors (Lipinski definition) is 6. The Labute approximate surface area is 146 Å². The third-order valence-corrected chi connectivity index (χ3v) is 3.76. The summed E-state index contributed by atoms with van der Waals surface area (Å²) in [5.74, 6) is 0.383. The average molecular weight is 354 g/mol. The van der Waals surface area contributed by atoms with Crippen molar-refractivity contribution in [3.05, 3.63) is 71.4 Å². The fraction of sp³-hybridized carbons (Fsp3) is 0.111. The molecule has 26 heavy (non-hydrogen) atoms. The van der Waals surface area contributed by atoms with Crippen LogP contribution in [0.5, 0.6) is 0 Å². The summed E-state index contributed by atoms with van der Waals surface area (Å²) >= 11 is 0. The molecule has 0 unspecified atom stereocenters. The molecule has 2 heterocycles. The van der Waals surface area contributed by atoms with E-state index in [9.17, 15) is 8.78 Å². The first kappa shape index (κ1) is 16.1. The zero-order valence-electron chi connectivity index (χ0n) is 13.6. The molecule has 0 saturated heterocycles. The first-order valence-corrected chi connectivity index (χ1v) is 7.76. The Morgan fingerprint density at radius 1 is 0.923 bits per heavy atom. The minimum Gasteiger partial charge on any atom is -0.420 e. The maximum atomic E-state index is 13.7. The summed E-state index contributed by atoms with van der Waals surface area (Å²) in [6.45, 7) is 1.67. The molecule has 0 spiro atoms. The van der Waals surface area contributed by atoms with Gasteiger partial charge in [-0.3, -0.25) is 0 Å². The molecule has 8 heteroatoms. The van der Waals surface area contributed by atoms with Crippen molar-refractivity contribution in [3.8, 4) is 22.8 Å². The van der Waals surface area contributed by atoms with Gasteiger partial charge >= 0.3 is 0 Å². The molecular weight excluding hydrogens is 342 g/mol. The maximum absolute atomic E-state index is 13.7. The molecule has 0 fully saturated rings. The highest BCUT2D eigenvalue weighted by Crippen LogP contribution is 2.22. The molecule has 0 aliphatic carbocycles. The van der Waals surface area contributed by atoms with Gasteiger partial charge in [0.2, 0.25) is 23.5 Å². The first-order chi connectivity index (χ1) is 12.6. The van der Waals surface area contributed by atoms with E-state index in [0.717, 1.165) is 0 Å². The number of halogens is 2. The number of hydrogen-bond donors (Lipinski definition) is 0. The normalized spacial score (nSPS) is 11.0. The van der Waals surface area contributed by atoms with Crippen molar-refractivity contribution >= 4 is 0 Å². The zero-order valence-corrected chi connectivity index (χ0v) is 13.6. The van der Waals surface area contributed by atoms with Gasteiger partial charge in [0.1, 0.15) is 18.1 Å². The number of nitrogens with zero attached hydrogens (tertiary/aromatic N) is 4. The van der Waals surface area contributed by atoms with Crippen molar-refractivity contribution < 1.29 is 17.7 Å². The van der Waals surface area contributed by atoms with Crippen molar-refractivity contribution in [2.45, 2.75) is 13.3 Å². The van der Waals surface area contributed by atoms with Gasteiger partial charge in [-0.1, -0.05) is 11.2 Å². The number of benzene rings is 2. The molecule has 4 rings (SSSR count). The van der Waals surface area contributed by atoms with E-state index >= 15 is 0 Å². The molecule has 2 aromatic heterocycles. The number of rotatable bonds is 4. The zero-order chi connectivity index (χ0) is 18.1.